The number of benzene rings is 1. The second kappa shape index (κ2) is 9.17. The number of amides is 2. The maximum Gasteiger partial charge on any atom is 0.259 e. The molecule has 1 atom stereocenters. The SMILES string of the molecule is COc1ccccc1NC(=O)c1cnc(C2CCCCN2C(=O)c2cnn(C)c2)nc1C. The Bertz CT molecular complexity index is 1140. The van der Waals surface area contributed by atoms with Crippen molar-refractivity contribution in [1.29, 1.82) is 0 Å². The molecule has 4 rings (SSSR count). The molecule has 0 aliphatic carbocycles. The number of aryl methyl sites for hydroxylation is 2. The number of piperidine rings is 1. The average molecular weight is 435 g/mol. The minimum absolute atomic E-state index is 0.0814. The highest BCUT2D eigenvalue weighted by molar-refractivity contribution is 6.05. The molecule has 166 valence electrons. The molecular formula is C23H26N6O3. The molecule has 0 radical (unpaired) electrons. The molecule has 3 aromatic rings. The van der Waals surface area contributed by atoms with Crippen LogP contribution < -0.4 is 10.1 Å². The summed E-state index contributed by atoms with van der Waals surface area (Å²) in [4.78, 5) is 36.8. The third kappa shape index (κ3) is 4.32. The van der Waals surface area contributed by atoms with Gasteiger partial charge in [0, 0.05) is 26.0 Å². The number of anilines is 1. The van der Waals surface area contributed by atoms with E-state index >= 15 is 0 Å². The molecule has 2 aromatic heterocycles. The van der Waals surface area contributed by atoms with E-state index in [4.69, 9.17) is 4.74 Å². The van der Waals surface area contributed by atoms with Crippen molar-refractivity contribution < 1.29 is 14.3 Å². The predicted octanol–water partition coefficient (Wildman–Crippen LogP) is 3.15. The zero-order chi connectivity index (χ0) is 22.7. The fourth-order valence-corrected chi connectivity index (χ4v) is 3.95. The van der Waals surface area contributed by atoms with E-state index in [-0.39, 0.29) is 17.9 Å². The fourth-order valence-electron chi connectivity index (χ4n) is 3.95. The van der Waals surface area contributed by atoms with Crippen LogP contribution in [0.5, 0.6) is 5.75 Å². The van der Waals surface area contributed by atoms with E-state index in [0.717, 1.165) is 19.3 Å². The monoisotopic (exact) mass is 434 g/mol. The molecule has 9 nitrogen and oxygen atoms in total. The number of carbonyl (C=O) groups excluding carboxylic acids is 2. The molecule has 3 heterocycles. The van der Waals surface area contributed by atoms with Gasteiger partial charge >= 0.3 is 0 Å². The minimum Gasteiger partial charge on any atom is -0.495 e. The number of nitrogens with one attached hydrogen (secondary N) is 1. The van der Waals surface area contributed by atoms with E-state index in [1.54, 1.807) is 50.3 Å². The summed E-state index contributed by atoms with van der Waals surface area (Å²) in [6, 6.07) is 6.97. The highest BCUT2D eigenvalue weighted by Crippen LogP contribution is 2.31. The lowest BCUT2D eigenvalue weighted by molar-refractivity contribution is 0.0599. The summed E-state index contributed by atoms with van der Waals surface area (Å²) >= 11 is 0. The van der Waals surface area contributed by atoms with Crippen LogP contribution in [0.1, 0.15) is 57.5 Å². The number of aromatic nitrogens is 4. The zero-order valence-corrected chi connectivity index (χ0v) is 18.4. The highest BCUT2D eigenvalue weighted by atomic mass is 16.5. The van der Waals surface area contributed by atoms with Crippen molar-refractivity contribution in [2.24, 2.45) is 7.05 Å². The first-order valence-electron chi connectivity index (χ1n) is 10.6. The third-order valence-electron chi connectivity index (χ3n) is 5.61. The van der Waals surface area contributed by atoms with Crippen LogP contribution in [0.3, 0.4) is 0 Å². The maximum absolute atomic E-state index is 13.1. The van der Waals surface area contributed by atoms with E-state index in [1.807, 2.05) is 17.0 Å². The molecule has 1 N–H and O–H groups in total. The molecule has 1 aliphatic heterocycles. The summed E-state index contributed by atoms with van der Waals surface area (Å²) < 4.78 is 6.91. The molecule has 0 saturated carbocycles. The predicted molar refractivity (Wildman–Crippen MR) is 119 cm³/mol. The summed E-state index contributed by atoms with van der Waals surface area (Å²) in [5, 5.41) is 6.96. The Kier molecular flexibility index (Phi) is 6.16. The average Bonchev–Trinajstić information content (AvgIpc) is 3.25. The van der Waals surface area contributed by atoms with Crippen LogP contribution in [0.4, 0.5) is 5.69 Å². The van der Waals surface area contributed by atoms with E-state index < -0.39 is 0 Å². The maximum atomic E-state index is 13.1. The summed E-state index contributed by atoms with van der Waals surface area (Å²) in [7, 11) is 3.34. The van der Waals surface area contributed by atoms with Gasteiger partial charge in [0.2, 0.25) is 0 Å². The number of methoxy groups -OCH3 is 1. The number of likely N-dealkylation sites (tertiary alicyclic amines) is 1. The third-order valence-corrected chi connectivity index (χ3v) is 5.61. The van der Waals surface area contributed by atoms with Crippen molar-refractivity contribution in [1.82, 2.24) is 24.6 Å². The normalized spacial score (nSPS) is 16.0. The van der Waals surface area contributed by atoms with Crippen molar-refractivity contribution in [3.05, 3.63) is 65.5 Å². The number of carbonyl (C=O) groups is 2. The van der Waals surface area contributed by atoms with Gasteiger partial charge in [-0.2, -0.15) is 5.10 Å². The van der Waals surface area contributed by atoms with Gasteiger partial charge in [-0.3, -0.25) is 14.3 Å². The van der Waals surface area contributed by atoms with Crippen LogP contribution in [0.15, 0.2) is 42.9 Å². The van der Waals surface area contributed by atoms with Crippen LogP contribution in [-0.4, -0.2) is 50.1 Å². The Hall–Kier alpha value is -3.75. The number of nitrogens with zero attached hydrogens (tertiary/aromatic N) is 5. The fraction of sp³-hybridized carbons (Fsp3) is 0.348. The number of para-hydroxylation sites is 2. The van der Waals surface area contributed by atoms with Gasteiger partial charge in [-0.25, -0.2) is 9.97 Å². The molecule has 1 aliphatic rings. The number of rotatable bonds is 5. The van der Waals surface area contributed by atoms with Crippen LogP contribution >= 0.6 is 0 Å². The minimum atomic E-state index is -0.314. The zero-order valence-electron chi connectivity index (χ0n) is 18.4. The lowest BCUT2D eigenvalue weighted by atomic mass is 10.00. The van der Waals surface area contributed by atoms with E-state index in [1.165, 1.54) is 6.20 Å². The first kappa shape index (κ1) is 21.5. The quantitative estimate of drug-likeness (QED) is 0.662. The molecule has 2 amide bonds. The Morgan fingerprint density at radius 1 is 1.19 bits per heavy atom. The molecule has 1 unspecified atom stereocenters. The Labute approximate surface area is 186 Å². The standard InChI is InChI=1S/C23H26N6O3/c1-15-17(22(30)27-18-8-4-5-10-20(18)32-3)13-24-21(26-15)19-9-6-7-11-29(19)23(31)16-12-25-28(2)14-16/h4-5,8,10,12-14,19H,6-7,9,11H2,1-3H3,(H,27,30). The summed E-state index contributed by atoms with van der Waals surface area (Å²) in [6.45, 7) is 2.41. The summed E-state index contributed by atoms with van der Waals surface area (Å²) in [5.74, 6) is 0.726. The first-order valence-corrected chi connectivity index (χ1v) is 10.6. The van der Waals surface area contributed by atoms with E-state index in [2.05, 4.69) is 20.4 Å². The lowest BCUT2D eigenvalue weighted by Crippen LogP contribution is -2.39. The second-order valence-electron chi connectivity index (χ2n) is 7.79. The van der Waals surface area contributed by atoms with Gasteiger partial charge < -0.3 is 15.0 Å². The van der Waals surface area contributed by atoms with Crippen LogP contribution in [-0.2, 0) is 7.05 Å². The second-order valence-corrected chi connectivity index (χ2v) is 7.79. The highest BCUT2D eigenvalue weighted by Gasteiger charge is 2.31. The Balaban J connectivity index is 1.56. The Morgan fingerprint density at radius 2 is 2.00 bits per heavy atom. The molecule has 9 heteroatoms. The molecule has 1 aromatic carbocycles. The van der Waals surface area contributed by atoms with Crippen LogP contribution in [0.25, 0.3) is 0 Å². The smallest absolute Gasteiger partial charge is 0.259 e. The van der Waals surface area contributed by atoms with Gasteiger partial charge in [-0.15, -0.1) is 0 Å². The van der Waals surface area contributed by atoms with Crippen molar-refractivity contribution in [3.63, 3.8) is 0 Å². The van der Waals surface area contributed by atoms with Crippen LogP contribution in [0.2, 0.25) is 0 Å². The van der Waals surface area contributed by atoms with Crippen molar-refractivity contribution in [2.45, 2.75) is 32.2 Å². The van der Waals surface area contributed by atoms with E-state index in [9.17, 15) is 9.59 Å². The number of hydrogen-bond donors (Lipinski definition) is 1. The topological polar surface area (TPSA) is 102 Å². The van der Waals surface area contributed by atoms with Crippen molar-refractivity contribution in [3.8, 4) is 5.75 Å². The molecule has 32 heavy (non-hydrogen) atoms. The van der Waals surface area contributed by atoms with Gasteiger partial charge in [0.25, 0.3) is 11.8 Å². The number of ether oxygens (including phenoxy) is 1. The molecular weight excluding hydrogens is 408 g/mol. The Morgan fingerprint density at radius 3 is 2.72 bits per heavy atom. The van der Waals surface area contributed by atoms with Gasteiger partial charge in [0.1, 0.15) is 5.75 Å². The first-order chi connectivity index (χ1) is 15.5. The summed E-state index contributed by atoms with van der Waals surface area (Å²) in [5.41, 5.74) is 2.05. The van der Waals surface area contributed by atoms with Gasteiger partial charge in [0.05, 0.1) is 41.9 Å². The lowest BCUT2D eigenvalue weighted by Gasteiger charge is -2.34. The molecule has 1 fully saturated rings. The molecule has 1 saturated heterocycles. The molecule has 0 bridgehead atoms. The summed E-state index contributed by atoms with van der Waals surface area (Å²) in [6.07, 6.45) is 7.51. The molecule has 0 spiro atoms. The number of hydrogen-bond acceptors (Lipinski definition) is 6. The van der Waals surface area contributed by atoms with Gasteiger partial charge in [-0.1, -0.05) is 12.1 Å². The van der Waals surface area contributed by atoms with Crippen LogP contribution in [0, 0.1) is 6.92 Å². The largest absolute Gasteiger partial charge is 0.495 e. The van der Waals surface area contributed by atoms with Crippen molar-refractivity contribution in [2.75, 3.05) is 19.0 Å². The van der Waals surface area contributed by atoms with Crippen molar-refractivity contribution >= 4 is 17.5 Å². The van der Waals surface area contributed by atoms with Gasteiger partial charge in [0.15, 0.2) is 5.82 Å². The van der Waals surface area contributed by atoms with E-state index in [0.29, 0.717) is 40.6 Å². The van der Waals surface area contributed by atoms with Gasteiger partial charge in [-0.05, 0) is 38.3 Å².